The van der Waals surface area contributed by atoms with Crippen LogP contribution in [0.1, 0.15) is 52.7 Å². The van der Waals surface area contributed by atoms with Gasteiger partial charge < -0.3 is 0 Å². The Bertz CT molecular complexity index is 1230. The minimum atomic E-state index is 0.125. The fourth-order valence-corrected chi connectivity index (χ4v) is 5.02. The molecule has 0 saturated heterocycles. The quantitative estimate of drug-likeness (QED) is 0.191. The summed E-state index contributed by atoms with van der Waals surface area (Å²) >= 11 is 0. The van der Waals surface area contributed by atoms with Gasteiger partial charge in [-0.2, -0.15) is 0 Å². The fraction of sp³-hybridized carbons (Fsp3) is 0.286. The normalized spacial score (nSPS) is 13.4. The molecular formula is C28H28. The van der Waals surface area contributed by atoms with Crippen molar-refractivity contribution in [1.82, 2.24) is 0 Å². The molecule has 140 valence electrons. The molecule has 5 aromatic rings. The summed E-state index contributed by atoms with van der Waals surface area (Å²) in [7, 11) is 0. The maximum Gasteiger partial charge on any atom is -0.00234 e. The second kappa shape index (κ2) is 5.47. The Hall–Kier alpha value is -2.60. The van der Waals surface area contributed by atoms with Gasteiger partial charge in [0.1, 0.15) is 0 Å². The molecule has 0 spiro atoms. The van der Waals surface area contributed by atoms with Crippen molar-refractivity contribution in [2.45, 2.75) is 52.4 Å². The van der Waals surface area contributed by atoms with E-state index in [2.05, 4.69) is 102 Å². The lowest BCUT2D eigenvalue weighted by molar-refractivity contribution is 0.595. The van der Waals surface area contributed by atoms with Crippen LogP contribution in [0.5, 0.6) is 0 Å². The van der Waals surface area contributed by atoms with Gasteiger partial charge in [0, 0.05) is 0 Å². The van der Waals surface area contributed by atoms with Crippen molar-refractivity contribution in [2.24, 2.45) is 0 Å². The smallest absolute Gasteiger partial charge is 0.00234 e. The van der Waals surface area contributed by atoms with Crippen molar-refractivity contribution in [3.63, 3.8) is 0 Å². The van der Waals surface area contributed by atoms with E-state index in [1.807, 2.05) is 0 Å². The summed E-state index contributed by atoms with van der Waals surface area (Å²) in [5.41, 5.74) is 3.10. The lowest BCUT2D eigenvalue weighted by Gasteiger charge is -2.25. The Balaban J connectivity index is 2.08. The summed E-state index contributed by atoms with van der Waals surface area (Å²) in [4.78, 5) is 0. The molecule has 0 aliphatic rings. The maximum absolute atomic E-state index is 2.36. The van der Waals surface area contributed by atoms with Gasteiger partial charge in [-0.1, -0.05) is 102 Å². The van der Waals surface area contributed by atoms with Gasteiger partial charge in [-0.15, -0.1) is 0 Å². The largest absolute Gasteiger partial charge is 0.0610 e. The predicted molar refractivity (Wildman–Crippen MR) is 125 cm³/mol. The van der Waals surface area contributed by atoms with Crippen LogP contribution in [0, 0.1) is 0 Å². The van der Waals surface area contributed by atoms with E-state index in [1.165, 1.54) is 54.2 Å². The number of fused-ring (bicyclic) bond motifs is 2. The van der Waals surface area contributed by atoms with Crippen molar-refractivity contribution in [3.05, 3.63) is 71.8 Å². The van der Waals surface area contributed by atoms with Gasteiger partial charge >= 0.3 is 0 Å². The second-order valence-corrected chi connectivity index (χ2v) is 10.3. The van der Waals surface area contributed by atoms with E-state index in [1.54, 1.807) is 0 Å². The van der Waals surface area contributed by atoms with E-state index in [-0.39, 0.29) is 10.8 Å². The predicted octanol–water partition coefficient (Wildman–Crippen LogP) is 8.33. The molecule has 5 aromatic carbocycles. The lowest BCUT2D eigenvalue weighted by Crippen LogP contribution is -2.12. The van der Waals surface area contributed by atoms with E-state index >= 15 is 0 Å². The molecule has 0 fully saturated rings. The third-order valence-electron chi connectivity index (χ3n) is 6.28. The molecule has 0 atom stereocenters. The van der Waals surface area contributed by atoms with Crippen LogP contribution in [0.15, 0.2) is 60.7 Å². The summed E-state index contributed by atoms with van der Waals surface area (Å²) < 4.78 is 0. The van der Waals surface area contributed by atoms with Crippen molar-refractivity contribution >= 4 is 43.1 Å². The number of rotatable bonds is 0. The standard InChI is InChI=1S/C28H28/c1-27(2,3)23-15-13-19-18-10-8-12-22-24(28(4,5)6)16-14-20(26(18)22)17-9-7-11-21(23)25(17)19/h7-16H,1-6H3. The molecule has 0 aliphatic heterocycles. The van der Waals surface area contributed by atoms with Crippen LogP contribution in [-0.4, -0.2) is 0 Å². The van der Waals surface area contributed by atoms with Gasteiger partial charge in [-0.25, -0.2) is 0 Å². The van der Waals surface area contributed by atoms with Gasteiger partial charge in [0.15, 0.2) is 0 Å². The topological polar surface area (TPSA) is 0 Å². The van der Waals surface area contributed by atoms with Crippen molar-refractivity contribution < 1.29 is 0 Å². The first-order valence-electron chi connectivity index (χ1n) is 10.3. The molecule has 0 N–H and O–H groups in total. The second-order valence-electron chi connectivity index (χ2n) is 10.3. The van der Waals surface area contributed by atoms with Gasteiger partial charge in [0.2, 0.25) is 0 Å². The fourth-order valence-electron chi connectivity index (χ4n) is 5.02. The summed E-state index contributed by atoms with van der Waals surface area (Å²) in [5, 5.41) is 11.1. The highest BCUT2D eigenvalue weighted by Gasteiger charge is 2.22. The number of hydrogen-bond acceptors (Lipinski definition) is 0. The summed E-state index contributed by atoms with van der Waals surface area (Å²) in [5.74, 6) is 0. The van der Waals surface area contributed by atoms with Crippen molar-refractivity contribution in [2.75, 3.05) is 0 Å². The highest BCUT2D eigenvalue weighted by atomic mass is 14.3. The SMILES string of the molecule is CC(C)(C)c1ccc2c3cccc4c(C(C)(C)C)ccc(c5cccc1c52)c43. The summed E-state index contributed by atoms with van der Waals surface area (Å²) in [6, 6.07) is 23.1. The molecule has 28 heavy (non-hydrogen) atoms. The molecule has 0 radical (unpaired) electrons. The minimum Gasteiger partial charge on any atom is -0.0610 e. The zero-order chi connectivity index (χ0) is 19.8. The van der Waals surface area contributed by atoms with Gasteiger partial charge in [-0.3, -0.25) is 0 Å². The van der Waals surface area contributed by atoms with Crippen LogP contribution in [-0.2, 0) is 10.8 Å². The Morgan fingerprint density at radius 3 is 1.07 bits per heavy atom. The van der Waals surface area contributed by atoms with Gasteiger partial charge in [0.05, 0.1) is 0 Å². The Labute approximate surface area is 167 Å². The Kier molecular flexibility index (Phi) is 3.42. The zero-order valence-electron chi connectivity index (χ0n) is 17.8. The summed E-state index contributed by atoms with van der Waals surface area (Å²) in [6.45, 7) is 13.9. The van der Waals surface area contributed by atoms with Crippen LogP contribution in [0.2, 0.25) is 0 Å². The third kappa shape index (κ3) is 2.30. The first-order chi connectivity index (χ1) is 13.2. The molecule has 0 aromatic heterocycles. The molecule has 0 bridgehead atoms. The van der Waals surface area contributed by atoms with Crippen LogP contribution >= 0.6 is 0 Å². The van der Waals surface area contributed by atoms with Crippen LogP contribution in [0.25, 0.3) is 43.1 Å². The van der Waals surface area contributed by atoms with Gasteiger partial charge in [0.25, 0.3) is 0 Å². The Morgan fingerprint density at radius 1 is 0.393 bits per heavy atom. The molecule has 0 saturated carbocycles. The van der Waals surface area contributed by atoms with Crippen LogP contribution in [0.4, 0.5) is 0 Å². The average molecular weight is 365 g/mol. The average Bonchev–Trinajstić information content (AvgIpc) is 2.63. The molecule has 0 amide bonds. The number of benzene rings is 5. The monoisotopic (exact) mass is 364 g/mol. The first-order valence-corrected chi connectivity index (χ1v) is 10.3. The van der Waals surface area contributed by atoms with Crippen LogP contribution in [0.3, 0.4) is 0 Å². The van der Waals surface area contributed by atoms with E-state index in [0.29, 0.717) is 0 Å². The van der Waals surface area contributed by atoms with Crippen LogP contribution < -0.4 is 0 Å². The molecule has 0 heteroatoms. The Morgan fingerprint density at radius 2 is 0.714 bits per heavy atom. The van der Waals surface area contributed by atoms with E-state index in [4.69, 9.17) is 0 Å². The van der Waals surface area contributed by atoms with E-state index in [0.717, 1.165) is 0 Å². The van der Waals surface area contributed by atoms with Crippen molar-refractivity contribution in [3.8, 4) is 0 Å². The molecule has 0 nitrogen and oxygen atoms in total. The summed E-state index contributed by atoms with van der Waals surface area (Å²) in [6.07, 6.45) is 0. The zero-order valence-corrected chi connectivity index (χ0v) is 17.8. The van der Waals surface area contributed by atoms with E-state index < -0.39 is 0 Å². The van der Waals surface area contributed by atoms with Crippen molar-refractivity contribution in [1.29, 1.82) is 0 Å². The lowest BCUT2D eigenvalue weighted by atomic mass is 9.78. The molecular weight excluding hydrogens is 336 g/mol. The molecule has 5 rings (SSSR count). The molecule has 0 heterocycles. The molecule has 0 unspecified atom stereocenters. The maximum atomic E-state index is 2.36. The molecule has 0 aliphatic carbocycles. The number of hydrogen-bond donors (Lipinski definition) is 0. The van der Waals surface area contributed by atoms with E-state index in [9.17, 15) is 0 Å². The first kappa shape index (κ1) is 17.5. The highest BCUT2D eigenvalue weighted by molar-refractivity contribution is 6.33. The third-order valence-corrected chi connectivity index (χ3v) is 6.28. The highest BCUT2D eigenvalue weighted by Crippen LogP contribution is 2.44. The van der Waals surface area contributed by atoms with Gasteiger partial charge in [-0.05, 0) is 65.0 Å². The minimum absolute atomic E-state index is 0.125.